The first-order valence-electron chi connectivity index (χ1n) is 2.61. The van der Waals surface area contributed by atoms with Crippen molar-refractivity contribution < 1.29 is 9.53 Å². The molecule has 0 radical (unpaired) electrons. The lowest BCUT2D eigenvalue weighted by Crippen LogP contribution is -1.96. The normalized spacial score (nSPS) is 18.1. The van der Waals surface area contributed by atoms with Gasteiger partial charge in [0.1, 0.15) is 0 Å². The fourth-order valence-electron chi connectivity index (χ4n) is 0.468. The molecule has 0 spiro atoms. The van der Waals surface area contributed by atoms with Crippen LogP contribution in [0.2, 0.25) is 0 Å². The Kier molecular flexibility index (Phi) is 1.73. The lowest BCUT2D eigenvalue weighted by molar-refractivity contribution is 0.168. The molecule has 0 heterocycles. The molecular formula is C5H7ClO2. The smallest absolute Gasteiger partial charge is 0.403 e. The number of ether oxygens (including phenoxy) is 1. The van der Waals surface area contributed by atoms with E-state index in [2.05, 4.69) is 4.74 Å². The van der Waals surface area contributed by atoms with Gasteiger partial charge in [-0.2, -0.15) is 0 Å². The maximum absolute atomic E-state index is 9.92. The Hall–Kier alpha value is -0.240. The first-order chi connectivity index (χ1) is 3.79. The Balaban J connectivity index is 1.95. The van der Waals surface area contributed by atoms with E-state index < -0.39 is 5.43 Å². The van der Waals surface area contributed by atoms with Crippen LogP contribution in [-0.4, -0.2) is 12.0 Å². The molecule has 8 heavy (non-hydrogen) atoms. The highest BCUT2D eigenvalue weighted by Crippen LogP contribution is 2.28. The highest BCUT2D eigenvalue weighted by Gasteiger charge is 2.22. The summed E-state index contributed by atoms with van der Waals surface area (Å²) in [6.45, 7) is 0.516. The summed E-state index contributed by atoms with van der Waals surface area (Å²) in [6, 6.07) is 0. The first kappa shape index (κ1) is 5.89. The van der Waals surface area contributed by atoms with Crippen LogP contribution in [0.5, 0.6) is 0 Å². The summed E-state index contributed by atoms with van der Waals surface area (Å²) in [6.07, 6.45) is 2.37. The summed E-state index contributed by atoms with van der Waals surface area (Å²) in [7, 11) is 0. The van der Waals surface area contributed by atoms with Crippen molar-refractivity contribution in [1.29, 1.82) is 0 Å². The second-order valence-electron chi connectivity index (χ2n) is 1.99. The van der Waals surface area contributed by atoms with Gasteiger partial charge in [-0.3, -0.25) is 0 Å². The molecule has 1 rings (SSSR count). The number of rotatable bonds is 2. The lowest BCUT2D eigenvalue weighted by atomic mass is 10.5. The van der Waals surface area contributed by atoms with E-state index in [-0.39, 0.29) is 0 Å². The van der Waals surface area contributed by atoms with Gasteiger partial charge >= 0.3 is 5.43 Å². The summed E-state index contributed by atoms with van der Waals surface area (Å²) >= 11 is 4.89. The van der Waals surface area contributed by atoms with Crippen molar-refractivity contribution in [3.63, 3.8) is 0 Å². The minimum absolute atomic E-state index is 0.516. The average molecular weight is 135 g/mol. The van der Waals surface area contributed by atoms with Crippen molar-refractivity contribution in [1.82, 2.24) is 0 Å². The van der Waals surface area contributed by atoms with E-state index >= 15 is 0 Å². The summed E-state index contributed by atoms with van der Waals surface area (Å²) in [5, 5.41) is 0. The highest BCUT2D eigenvalue weighted by atomic mass is 35.5. The molecule has 0 N–H and O–H groups in total. The zero-order valence-corrected chi connectivity index (χ0v) is 5.15. The summed E-state index contributed by atoms with van der Waals surface area (Å²) in [5.41, 5.74) is -0.683. The van der Waals surface area contributed by atoms with E-state index in [9.17, 15) is 4.79 Å². The van der Waals surface area contributed by atoms with Gasteiger partial charge in [0.05, 0.1) is 6.61 Å². The molecule has 0 aromatic carbocycles. The lowest BCUT2D eigenvalue weighted by Gasteiger charge is -1.93. The van der Waals surface area contributed by atoms with Crippen LogP contribution >= 0.6 is 11.6 Å². The molecule has 1 aliphatic rings. The third-order valence-electron chi connectivity index (χ3n) is 1.13. The molecule has 3 heteroatoms. The van der Waals surface area contributed by atoms with Crippen molar-refractivity contribution >= 4 is 17.0 Å². The molecule has 0 amide bonds. The summed E-state index contributed by atoms with van der Waals surface area (Å²) in [5.74, 6) is 0.609. The van der Waals surface area contributed by atoms with E-state index in [4.69, 9.17) is 11.6 Å². The number of hydrogen-bond acceptors (Lipinski definition) is 2. The second-order valence-corrected chi connectivity index (χ2v) is 2.30. The minimum Gasteiger partial charge on any atom is -0.453 e. The Labute approximate surface area is 52.8 Å². The monoisotopic (exact) mass is 134 g/mol. The molecule has 1 fully saturated rings. The number of carbonyl (C=O) groups is 1. The van der Waals surface area contributed by atoms with Gasteiger partial charge in [0.25, 0.3) is 0 Å². The predicted octanol–water partition coefficient (Wildman–Crippen LogP) is 1.77. The van der Waals surface area contributed by atoms with Crippen molar-refractivity contribution in [3.05, 3.63) is 0 Å². The predicted molar refractivity (Wildman–Crippen MR) is 29.9 cm³/mol. The van der Waals surface area contributed by atoms with Crippen LogP contribution in [0.4, 0.5) is 4.79 Å². The van der Waals surface area contributed by atoms with Crippen molar-refractivity contribution in [2.75, 3.05) is 6.61 Å². The Morgan fingerprint density at radius 2 is 2.38 bits per heavy atom. The molecule has 0 aliphatic heterocycles. The third kappa shape index (κ3) is 2.17. The van der Waals surface area contributed by atoms with Crippen LogP contribution in [0.1, 0.15) is 12.8 Å². The highest BCUT2D eigenvalue weighted by molar-refractivity contribution is 6.61. The van der Waals surface area contributed by atoms with Crippen LogP contribution in [0.15, 0.2) is 0 Å². The Morgan fingerprint density at radius 3 is 2.75 bits per heavy atom. The molecule has 0 aromatic rings. The van der Waals surface area contributed by atoms with Crippen molar-refractivity contribution in [3.8, 4) is 0 Å². The topological polar surface area (TPSA) is 26.3 Å². The van der Waals surface area contributed by atoms with Gasteiger partial charge in [0, 0.05) is 11.6 Å². The van der Waals surface area contributed by atoms with Crippen molar-refractivity contribution in [2.24, 2.45) is 5.92 Å². The van der Waals surface area contributed by atoms with Gasteiger partial charge in [-0.15, -0.1) is 0 Å². The Bertz CT molecular complexity index is 98.6. The molecule has 0 bridgehead atoms. The van der Waals surface area contributed by atoms with Gasteiger partial charge in [-0.1, -0.05) is 0 Å². The minimum atomic E-state index is -0.683. The first-order valence-corrected chi connectivity index (χ1v) is 2.99. The standard InChI is InChI=1S/C5H7ClO2/c6-5(7)8-3-4-1-2-4/h4H,1-3H2. The molecule has 2 nitrogen and oxygen atoms in total. The number of halogens is 1. The van der Waals surface area contributed by atoms with E-state index in [0.717, 1.165) is 0 Å². The maximum atomic E-state index is 9.92. The summed E-state index contributed by atoms with van der Waals surface area (Å²) < 4.78 is 4.49. The zero-order chi connectivity index (χ0) is 5.98. The number of carbonyl (C=O) groups excluding carboxylic acids is 1. The van der Waals surface area contributed by atoms with Gasteiger partial charge in [0.15, 0.2) is 0 Å². The second kappa shape index (κ2) is 2.35. The van der Waals surface area contributed by atoms with Gasteiger partial charge in [-0.05, 0) is 18.8 Å². The van der Waals surface area contributed by atoms with E-state index in [1.165, 1.54) is 12.8 Å². The number of hydrogen-bond donors (Lipinski definition) is 0. The van der Waals surface area contributed by atoms with Crippen LogP contribution in [-0.2, 0) is 4.74 Å². The SMILES string of the molecule is O=C(Cl)OCC1CC1. The van der Waals surface area contributed by atoms with E-state index in [0.29, 0.717) is 12.5 Å². The van der Waals surface area contributed by atoms with Gasteiger partial charge < -0.3 is 4.74 Å². The molecule has 0 unspecified atom stereocenters. The zero-order valence-electron chi connectivity index (χ0n) is 4.39. The van der Waals surface area contributed by atoms with E-state index in [1.54, 1.807) is 0 Å². The largest absolute Gasteiger partial charge is 0.453 e. The fourth-order valence-corrected chi connectivity index (χ4v) is 0.531. The molecule has 1 saturated carbocycles. The fraction of sp³-hybridized carbons (Fsp3) is 0.800. The molecular weight excluding hydrogens is 128 g/mol. The maximum Gasteiger partial charge on any atom is 0.403 e. The molecule has 0 saturated heterocycles. The quantitative estimate of drug-likeness (QED) is 0.538. The third-order valence-corrected chi connectivity index (χ3v) is 1.24. The molecule has 0 aromatic heterocycles. The van der Waals surface area contributed by atoms with Crippen LogP contribution in [0.25, 0.3) is 0 Å². The van der Waals surface area contributed by atoms with Crippen LogP contribution in [0, 0.1) is 5.92 Å². The molecule has 46 valence electrons. The Morgan fingerprint density at radius 1 is 1.75 bits per heavy atom. The van der Waals surface area contributed by atoms with Crippen molar-refractivity contribution in [2.45, 2.75) is 12.8 Å². The van der Waals surface area contributed by atoms with Crippen LogP contribution in [0.3, 0.4) is 0 Å². The van der Waals surface area contributed by atoms with Crippen LogP contribution < -0.4 is 0 Å². The molecule has 1 aliphatic carbocycles. The van der Waals surface area contributed by atoms with E-state index in [1.807, 2.05) is 0 Å². The van der Waals surface area contributed by atoms with Gasteiger partial charge in [0.2, 0.25) is 0 Å². The average Bonchev–Trinajstić information content (AvgIpc) is 2.41. The molecule has 0 atom stereocenters. The van der Waals surface area contributed by atoms with Gasteiger partial charge in [-0.25, -0.2) is 4.79 Å². The summed E-state index contributed by atoms with van der Waals surface area (Å²) in [4.78, 5) is 9.92.